The smallest absolute Gasteiger partial charge is 0.0717 e. The molecule has 1 aromatic rings. The minimum Gasteiger partial charge on any atom is -0.0717 e. The summed E-state index contributed by atoms with van der Waals surface area (Å²) < 4.78 is -0.00395. The quantitative estimate of drug-likeness (QED) is 0.503. The van der Waals surface area contributed by atoms with Crippen LogP contribution in [0.25, 0.3) is 0 Å². The summed E-state index contributed by atoms with van der Waals surface area (Å²) in [5.41, 5.74) is 2.38. The SMILES string of the molecule is Cc1ccc(C)c(SC#CC(Cl)=C(Cl)Cl)c1. The Bertz CT molecular complexity index is 477. The molecule has 0 atom stereocenters. The number of hydrogen-bond donors (Lipinski definition) is 0. The van der Waals surface area contributed by atoms with Crippen molar-refractivity contribution < 1.29 is 0 Å². The van der Waals surface area contributed by atoms with E-state index in [0.717, 1.165) is 4.90 Å². The Morgan fingerprint density at radius 2 is 1.88 bits per heavy atom. The third-order valence-corrected chi connectivity index (χ3v) is 3.55. The fraction of sp³-hybridized carbons (Fsp3) is 0.167. The van der Waals surface area contributed by atoms with Gasteiger partial charge in [-0.25, -0.2) is 0 Å². The number of hydrogen-bond acceptors (Lipinski definition) is 1. The predicted molar refractivity (Wildman–Crippen MR) is 74.1 cm³/mol. The van der Waals surface area contributed by atoms with Crippen molar-refractivity contribution >= 4 is 46.6 Å². The van der Waals surface area contributed by atoms with Crippen molar-refractivity contribution in [3.8, 4) is 11.2 Å². The van der Waals surface area contributed by atoms with Gasteiger partial charge in [0.25, 0.3) is 0 Å². The lowest BCUT2D eigenvalue weighted by molar-refractivity contribution is 1.27. The maximum absolute atomic E-state index is 5.68. The molecule has 0 fully saturated rings. The van der Waals surface area contributed by atoms with Crippen LogP contribution >= 0.6 is 46.6 Å². The molecule has 0 spiro atoms. The molecule has 0 aliphatic heterocycles. The highest BCUT2D eigenvalue weighted by Crippen LogP contribution is 2.23. The zero-order chi connectivity index (χ0) is 12.1. The molecule has 0 saturated carbocycles. The maximum atomic E-state index is 5.68. The summed E-state index contributed by atoms with van der Waals surface area (Å²) in [6.45, 7) is 4.08. The van der Waals surface area contributed by atoms with Gasteiger partial charge in [-0.15, -0.1) is 0 Å². The first-order chi connectivity index (χ1) is 7.50. The van der Waals surface area contributed by atoms with Gasteiger partial charge in [-0.3, -0.25) is 0 Å². The molecule has 4 heteroatoms. The van der Waals surface area contributed by atoms with Crippen molar-refractivity contribution in [2.24, 2.45) is 0 Å². The van der Waals surface area contributed by atoms with Gasteiger partial charge in [-0.2, -0.15) is 0 Å². The van der Waals surface area contributed by atoms with Gasteiger partial charge >= 0.3 is 0 Å². The highest BCUT2D eigenvalue weighted by atomic mass is 35.5. The molecule has 0 saturated heterocycles. The average Bonchev–Trinajstić information content (AvgIpc) is 2.22. The second-order valence-electron chi connectivity index (χ2n) is 3.17. The Kier molecular flexibility index (Phi) is 5.58. The molecule has 0 unspecified atom stereocenters. The monoisotopic (exact) mass is 290 g/mol. The van der Waals surface area contributed by atoms with E-state index >= 15 is 0 Å². The summed E-state index contributed by atoms with van der Waals surface area (Å²) in [4.78, 5) is 1.11. The van der Waals surface area contributed by atoms with Crippen LogP contribution in [0.3, 0.4) is 0 Å². The molecule has 84 valence electrons. The summed E-state index contributed by atoms with van der Waals surface area (Å²) in [7, 11) is 0. The van der Waals surface area contributed by atoms with E-state index in [9.17, 15) is 0 Å². The lowest BCUT2D eigenvalue weighted by atomic mass is 10.2. The summed E-state index contributed by atoms with van der Waals surface area (Å²) in [6.07, 6.45) is 0. The van der Waals surface area contributed by atoms with Gasteiger partial charge in [-0.1, -0.05) is 46.9 Å². The number of benzene rings is 1. The third-order valence-electron chi connectivity index (χ3n) is 1.83. The van der Waals surface area contributed by atoms with E-state index in [1.165, 1.54) is 22.9 Å². The van der Waals surface area contributed by atoms with Crippen LogP contribution in [0.1, 0.15) is 11.1 Å². The van der Waals surface area contributed by atoms with Crippen LogP contribution in [0, 0.1) is 25.0 Å². The molecule has 0 aromatic heterocycles. The first kappa shape index (κ1) is 13.8. The zero-order valence-electron chi connectivity index (χ0n) is 8.77. The lowest BCUT2D eigenvalue weighted by Crippen LogP contribution is -1.79. The molecule has 0 heterocycles. The highest BCUT2D eigenvalue weighted by molar-refractivity contribution is 8.04. The van der Waals surface area contributed by atoms with E-state index in [2.05, 4.69) is 29.4 Å². The Labute approximate surface area is 115 Å². The van der Waals surface area contributed by atoms with Gasteiger partial charge in [-0.05, 0) is 54.0 Å². The van der Waals surface area contributed by atoms with Crippen molar-refractivity contribution in [2.45, 2.75) is 18.7 Å². The van der Waals surface area contributed by atoms with E-state index in [1.54, 1.807) is 0 Å². The van der Waals surface area contributed by atoms with Crippen LogP contribution in [0.15, 0.2) is 32.6 Å². The molecule has 0 N–H and O–H groups in total. The van der Waals surface area contributed by atoms with E-state index in [0.29, 0.717) is 0 Å². The molecule has 0 radical (unpaired) electrons. The first-order valence-electron chi connectivity index (χ1n) is 4.46. The molecular formula is C12H9Cl3S. The van der Waals surface area contributed by atoms with Crippen LogP contribution < -0.4 is 0 Å². The summed E-state index contributed by atoms with van der Waals surface area (Å²) >= 11 is 18.0. The lowest BCUT2D eigenvalue weighted by Gasteiger charge is -2.01. The van der Waals surface area contributed by atoms with Gasteiger partial charge in [0.05, 0.1) is 0 Å². The van der Waals surface area contributed by atoms with Gasteiger partial charge in [0.1, 0.15) is 9.52 Å². The van der Waals surface area contributed by atoms with Crippen molar-refractivity contribution in [3.05, 3.63) is 38.8 Å². The van der Waals surface area contributed by atoms with Crippen molar-refractivity contribution in [2.75, 3.05) is 0 Å². The number of thioether (sulfide) groups is 1. The Hall–Kier alpha value is -0.260. The number of aryl methyl sites for hydroxylation is 2. The van der Waals surface area contributed by atoms with E-state index in [-0.39, 0.29) is 9.52 Å². The van der Waals surface area contributed by atoms with Gasteiger partial charge in [0, 0.05) is 4.90 Å². The van der Waals surface area contributed by atoms with Crippen LogP contribution in [-0.4, -0.2) is 0 Å². The zero-order valence-corrected chi connectivity index (χ0v) is 11.9. The van der Waals surface area contributed by atoms with Crippen LogP contribution in [0.5, 0.6) is 0 Å². The van der Waals surface area contributed by atoms with E-state index in [1.807, 2.05) is 13.8 Å². The van der Waals surface area contributed by atoms with Crippen LogP contribution in [-0.2, 0) is 0 Å². The van der Waals surface area contributed by atoms with Crippen LogP contribution in [0.4, 0.5) is 0 Å². The second kappa shape index (κ2) is 6.47. The Morgan fingerprint density at radius 1 is 1.19 bits per heavy atom. The number of halogens is 3. The summed E-state index contributed by atoms with van der Waals surface area (Å²) in [5.74, 6) is 2.67. The third kappa shape index (κ3) is 4.31. The molecule has 0 aliphatic carbocycles. The molecule has 0 bridgehead atoms. The molecule has 0 amide bonds. The van der Waals surface area contributed by atoms with Crippen molar-refractivity contribution in [3.63, 3.8) is 0 Å². The molecule has 16 heavy (non-hydrogen) atoms. The molecule has 1 aromatic carbocycles. The van der Waals surface area contributed by atoms with Crippen molar-refractivity contribution in [1.82, 2.24) is 0 Å². The average molecular weight is 292 g/mol. The van der Waals surface area contributed by atoms with Gasteiger partial charge < -0.3 is 0 Å². The molecule has 0 nitrogen and oxygen atoms in total. The summed E-state index contributed by atoms with van der Waals surface area (Å²) in [5, 5.41) is 3.03. The predicted octanol–water partition coefficient (Wildman–Crippen LogP) is 5.24. The van der Waals surface area contributed by atoms with Crippen LogP contribution in [0.2, 0.25) is 0 Å². The van der Waals surface area contributed by atoms with E-state index in [4.69, 9.17) is 34.8 Å². The van der Waals surface area contributed by atoms with Gasteiger partial charge in [0.15, 0.2) is 0 Å². The minimum atomic E-state index is -0.00395. The summed E-state index contributed by atoms with van der Waals surface area (Å²) in [6, 6.07) is 6.20. The van der Waals surface area contributed by atoms with Gasteiger partial charge in [0.2, 0.25) is 0 Å². The maximum Gasteiger partial charge on any atom is 0.133 e. The largest absolute Gasteiger partial charge is 0.133 e. The normalized spacial score (nSPS) is 9.31. The first-order valence-corrected chi connectivity index (χ1v) is 6.41. The second-order valence-corrected chi connectivity index (χ2v) is 5.35. The van der Waals surface area contributed by atoms with E-state index < -0.39 is 0 Å². The topological polar surface area (TPSA) is 0 Å². The number of allylic oxidation sites excluding steroid dienone is 1. The minimum absolute atomic E-state index is 0.00395. The molecular weight excluding hydrogens is 283 g/mol. The number of rotatable bonds is 1. The molecule has 0 aliphatic rings. The standard InChI is InChI=1S/C12H9Cl3S/c1-8-3-4-9(2)11(7-8)16-6-5-10(13)12(14)15/h3-4,7H,1-2H3. The fourth-order valence-corrected chi connectivity index (χ4v) is 1.92. The Morgan fingerprint density at radius 3 is 2.50 bits per heavy atom. The fourth-order valence-electron chi connectivity index (χ4n) is 0.990. The Balaban J connectivity index is 2.83. The highest BCUT2D eigenvalue weighted by Gasteiger charge is 1.98. The molecule has 1 rings (SSSR count). The van der Waals surface area contributed by atoms with Crippen molar-refractivity contribution in [1.29, 1.82) is 0 Å².